The molecular weight excluding hydrogens is 202 g/mol. The van der Waals surface area contributed by atoms with E-state index < -0.39 is 0 Å². The summed E-state index contributed by atoms with van der Waals surface area (Å²) >= 11 is 0. The normalized spacial score (nSPS) is 37.9. The van der Waals surface area contributed by atoms with E-state index in [1.165, 1.54) is 24.2 Å². The van der Waals surface area contributed by atoms with Crippen LogP contribution in [0.5, 0.6) is 0 Å². The Labute approximate surface area is 94.8 Å². The van der Waals surface area contributed by atoms with Gasteiger partial charge < -0.3 is 15.0 Å². The van der Waals surface area contributed by atoms with Crippen LogP contribution < -0.4 is 5.32 Å². The van der Waals surface area contributed by atoms with Gasteiger partial charge in [0.25, 0.3) is 0 Å². The lowest BCUT2D eigenvalue weighted by Gasteiger charge is -2.32. The largest absolute Gasteiger partial charge is 0.376 e. The molecule has 3 heterocycles. The van der Waals surface area contributed by atoms with Crippen LogP contribution in [0.1, 0.15) is 30.7 Å². The van der Waals surface area contributed by atoms with Crippen LogP contribution >= 0.6 is 0 Å². The third-order valence-corrected chi connectivity index (χ3v) is 4.25. The molecule has 0 bridgehead atoms. The number of hydrogen-bond acceptors (Lipinski definition) is 3. The molecular formula is C12H17N3O. The van der Waals surface area contributed by atoms with Crippen molar-refractivity contribution in [3.63, 3.8) is 0 Å². The molecule has 1 aliphatic carbocycles. The number of rotatable bonds is 1. The second-order valence-corrected chi connectivity index (χ2v) is 5.38. The summed E-state index contributed by atoms with van der Waals surface area (Å²) in [5.41, 5.74) is 2.53. The zero-order chi connectivity index (χ0) is 10.6. The monoisotopic (exact) mass is 219 g/mol. The molecule has 0 aromatic carbocycles. The molecule has 1 aromatic rings. The fourth-order valence-corrected chi connectivity index (χ4v) is 3.20. The second-order valence-electron chi connectivity index (χ2n) is 5.38. The predicted molar refractivity (Wildman–Crippen MR) is 59.1 cm³/mol. The Hall–Kier alpha value is -0.870. The van der Waals surface area contributed by atoms with Crippen molar-refractivity contribution in [2.75, 3.05) is 13.2 Å². The highest BCUT2D eigenvalue weighted by Crippen LogP contribution is 2.45. The Bertz CT molecular complexity index is 412. The van der Waals surface area contributed by atoms with E-state index in [9.17, 15) is 0 Å². The number of imidazole rings is 1. The molecule has 1 spiro atoms. The summed E-state index contributed by atoms with van der Waals surface area (Å²) in [6.45, 7) is 1.84. The highest BCUT2D eigenvalue weighted by molar-refractivity contribution is 5.27. The van der Waals surface area contributed by atoms with Crippen molar-refractivity contribution in [3.05, 3.63) is 17.7 Å². The molecule has 2 aliphatic heterocycles. The van der Waals surface area contributed by atoms with Crippen LogP contribution in [0.3, 0.4) is 0 Å². The lowest BCUT2D eigenvalue weighted by Crippen LogP contribution is -2.48. The van der Waals surface area contributed by atoms with Gasteiger partial charge in [0, 0.05) is 25.1 Å². The van der Waals surface area contributed by atoms with E-state index in [0.29, 0.717) is 6.10 Å². The van der Waals surface area contributed by atoms with Crippen molar-refractivity contribution in [2.45, 2.75) is 37.3 Å². The first-order chi connectivity index (χ1) is 7.87. The standard InChI is InChI=1S/C12H17N3O/c1-2-8(1)10-5-12(6-16-10)11-9(3-4-15-12)13-7-14-11/h7-8,10,15H,1-6H2,(H,13,14). The molecule has 2 unspecified atom stereocenters. The number of H-pyrrole nitrogens is 1. The van der Waals surface area contributed by atoms with E-state index in [0.717, 1.165) is 31.9 Å². The minimum atomic E-state index is 0.0147. The van der Waals surface area contributed by atoms with Gasteiger partial charge in [0.05, 0.1) is 30.3 Å². The summed E-state index contributed by atoms with van der Waals surface area (Å²) in [6.07, 6.45) is 7.17. The average molecular weight is 219 g/mol. The molecule has 4 rings (SSSR count). The summed E-state index contributed by atoms with van der Waals surface area (Å²) in [4.78, 5) is 7.77. The van der Waals surface area contributed by atoms with Crippen LogP contribution in [0.25, 0.3) is 0 Å². The molecule has 4 nitrogen and oxygen atoms in total. The maximum atomic E-state index is 5.98. The van der Waals surface area contributed by atoms with Gasteiger partial charge in [-0.15, -0.1) is 0 Å². The SMILES string of the molecule is c1nc2c([nH]1)CCNC21COC(C2CC2)C1. The van der Waals surface area contributed by atoms with Gasteiger partial charge in [-0.3, -0.25) is 0 Å². The van der Waals surface area contributed by atoms with Crippen molar-refractivity contribution in [2.24, 2.45) is 5.92 Å². The van der Waals surface area contributed by atoms with Crippen LogP contribution in [0.4, 0.5) is 0 Å². The van der Waals surface area contributed by atoms with Gasteiger partial charge in [0.1, 0.15) is 0 Å². The van der Waals surface area contributed by atoms with Gasteiger partial charge in [-0.1, -0.05) is 0 Å². The molecule has 16 heavy (non-hydrogen) atoms. The van der Waals surface area contributed by atoms with Gasteiger partial charge in [-0.25, -0.2) is 4.98 Å². The Kier molecular flexibility index (Phi) is 1.77. The lowest BCUT2D eigenvalue weighted by molar-refractivity contribution is 0.0848. The zero-order valence-corrected chi connectivity index (χ0v) is 9.33. The molecule has 1 saturated carbocycles. The molecule has 2 atom stereocenters. The number of nitrogens with one attached hydrogen (secondary N) is 2. The first kappa shape index (κ1) is 9.19. The quantitative estimate of drug-likeness (QED) is 0.739. The topological polar surface area (TPSA) is 49.9 Å². The van der Waals surface area contributed by atoms with Crippen LogP contribution in [0.2, 0.25) is 0 Å². The summed E-state index contributed by atoms with van der Waals surface area (Å²) < 4.78 is 5.98. The van der Waals surface area contributed by atoms with Crippen molar-refractivity contribution >= 4 is 0 Å². The number of nitrogens with zero attached hydrogens (tertiary/aromatic N) is 1. The molecule has 86 valence electrons. The van der Waals surface area contributed by atoms with E-state index >= 15 is 0 Å². The fraction of sp³-hybridized carbons (Fsp3) is 0.750. The Morgan fingerprint density at radius 1 is 1.44 bits per heavy atom. The van der Waals surface area contributed by atoms with E-state index in [-0.39, 0.29) is 5.54 Å². The molecule has 0 radical (unpaired) electrons. The minimum absolute atomic E-state index is 0.0147. The maximum absolute atomic E-state index is 5.98. The van der Waals surface area contributed by atoms with Gasteiger partial charge in [-0.2, -0.15) is 0 Å². The van der Waals surface area contributed by atoms with E-state index in [2.05, 4.69) is 15.3 Å². The summed E-state index contributed by atoms with van der Waals surface area (Å²) in [5.74, 6) is 0.825. The second kappa shape index (κ2) is 3.08. The van der Waals surface area contributed by atoms with Crippen LogP contribution in [0, 0.1) is 5.92 Å². The van der Waals surface area contributed by atoms with Crippen molar-refractivity contribution in [3.8, 4) is 0 Å². The first-order valence-electron chi connectivity index (χ1n) is 6.27. The number of aromatic amines is 1. The van der Waals surface area contributed by atoms with E-state index in [1.807, 2.05) is 6.33 Å². The Morgan fingerprint density at radius 2 is 2.38 bits per heavy atom. The highest BCUT2D eigenvalue weighted by atomic mass is 16.5. The van der Waals surface area contributed by atoms with Crippen LogP contribution in [-0.2, 0) is 16.7 Å². The zero-order valence-electron chi connectivity index (χ0n) is 9.33. The summed E-state index contributed by atoms with van der Waals surface area (Å²) in [6, 6.07) is 0. The molecule has 1 aromatic heterocycles. The number of fused-ring (bicyclic) bond motifs is 2. The van der Waals surface area contributed by atoms with Crippen LogP contribution in [0.15, 0.2) is 6.33 Å². The third-order valence-electron chi connectivity index (χ3n) is 4.25. The van der Waals surface area contributed by atoms with Gasteiger partial charge in [-0.05, 0) is 18.8 Å². The summed E-state index contributed by atoms with van der Waals surface area (Å²) in [5, 5.41) is 3.64. The Balaban J connectivity index is 1.68. The van der Waals surface area contributed by atoms with Crippen LogP contribution in [-0.4, -0.2) is 29.2 Å². The maximum Gasteiger partial charge on any atom is 0.0926 e. The lowest BCUT2D eigenvalue weighted by atomic mass is 9.86. The van der Waals surface area contributed by atoms with Crippen molar-refractivity contribution < 1.29 is 4.74 Å². The van der Waals surface area contributed by atoms with Gasteiger partial charge >= 0.3 is 0 Å². The number of ether oxygens (including phenoxy) is 1. The van der Waals surface area contributed by atoms with Crippen molar-refractivity contribution in [1.29, 1.82) is 0 Å². The number of aromatic nitrogens is 2. The predicted octanol–water partition coefficient (Wildman–Crippen LogP) is 0.950. The molecule has 3 aliphatic rings. The average Bonchev–Trinajstić information content (AvgIpc) is 2.88. The molecule has 2 fully saturated rings. The smallest absolute Gasteiger partial charge is 0.0926 e. The van der Waals surface area contributed by atoms with Crippen molar-refractivity contribution in [1.82, 2.24) is 15.3 Å². The third kappa shape index (κ3) is 1.20. The Morgan fingerprint density at radius 3 is 3.25 bits per heavy atom. The minimum Gasteiger partial charge on any atom is -0.376 e. The van der Waals surface area contributed by atoms with E-state index in [1.54, 1.807) is 0 Å². The highest BCUT2D eigenvalue weighted by Gasteiger charge is 2.49. The first-order valence-corrected chi connectivity index (χ1v) is 6.27. The molecule has 0 amide bonds. The van der Waals surface area contributed by atoms with Gasteiger partial charge in [0.2, 0.25) is 0 Å². The summed E-state index contributed by atoms with van der Waals surface area (Å²) in [7, 11) is 0. The molecule has 1 saturated heterocycles. The number of hydrogen-bond donors (Lipinski definition) is 2. The molecule has 2 N–H and O–H groups in total. The van der Waals surface area contributed by atoms with E-state index in [4.69, 9.17) is 4.74 Å². The fourth-order valence-electron chi connectivity index (χ4n) is 3.20. The van der Waals surface area contributed by atoms with Gasteiger partial charge in [0.15, 0.2) is 0 Å². The molecule has 4 heteroatoms.